The van der Waals surface area contributed by atoms with Crippen molar-refractivity contribution in [1.82, 2.24) is 0 Å². The van der Waals surface area contributed by atoms with Crippen molar-refractivity contribution in [2.24, 2.45) is 0 Å². The van der Waals surface area contributed by atoms with E-state index in [-0.39, 0.29) is 27.9 Å². The van der Waals surface area contributed by atoms with Crippen LogP contribution in [0.2, 0.25) is 10.0 Å². The molecular weight excluding hydrogens is 546 g/mol. The quantitative estimate of drug-likeness (QED) is 0.285. The lowest BCUT2D eigenvalue weighted by molar-refractivity contribution is -0.0882. The van der Waals surface area contributed by atoms with Crippen LogP contribution in [-0.4, -0.2) is 27.5 Å². The second-order valence-corrected chi connectivity index (χ2v) is 11.1. The molecule has 1 aliphatic heterocycles. The van der Waals surface area contributed by atoms with Crippen LogP contribution >= 0.6 is 23.2 Å². The van der Waals surface area contributed by atoms with Crippen LogP contribution in [0.25, 0.3) is 11.1 Å². The number of para-hydroxylation sites is 1. The molecule has 0 bridgehead atoms. The highest BCUT2D eigenvalue weighted by atomic mass is 35.5. The van der Waals surface area contributed by atoms with E-state index < -0.39 is 21.6 Å². The first-order valence-electron chi connectivity index (χ1n) is 10.9. The van der Waals surface area contributed by atoms with Crippen LogP contribution in [0.1, 0.15) is 6.92 Å². The molecule has 1 heterocycles. The zero-order valence-corrected chi connectivity index (χ0v) is 21.9. The van der Waals surface area contributed by atoms with Crippen LogP contribution in [0.15, 0.2) is 100 Å². The summed E-state index contributed by atoms with van der Waals surface area (Å²) in [6.07, 6.45) is -2.50. The number of hydrogen-bond acceptors (Lipinski definition) is 4. The van der Waals surface area contributed by atoms with Crippen LogP contribution in [-0.2, 0) is 9.84 Å². The molecule has 0 aliphatic carbocycles. The number of nitrogens with zero attached hydrogens (tertiary/aromatic N) is 1. The molecule has 0 fully saturated rings. The summed E-state index contributed by atoms with van der Waals surface area (Å²) < 4.78 is 70.2. The Morgan fingerprint density at radius 2 is 1.70 bits per heavy atom. The summed E-state index contributed by atoms with van der Waals surface area (Å²) in [6.45, 7) is 1.29. The van der Waals surface area contributed by atoms with Crippen molar-refractivity contribution in [3.63, 3.8) is 0 Å². The second-order valence-electron chi connectivity index (χ2n) is 8.27. The highest BCUT2D eigenvalue weighted by Crippen LogP contribution is 2.38. The highest BCUT2D eigenvalue weighted by molar-refractivity contribution is 7.90. The second kappa shape index (κ2) is 10.3. The van der Waals surface area contributed by atoms with Crippen molar-refractivity contribution in [2.45, 2.75) is 18.0 Å². The topological polar surface area (TPSA) is 46.6 Å². The van der Waals surface area contributed by atoms with Crippen molar-refractivity contribution in [2.75, 3.05) is 17.8 Å². The van der Waals surface area contributed by atoms with Gasteiger partial charge in [0.2, 0.25) is 0 Å². The van der Waals surface area contributed by atoms with Gasteiger partial charge in [-0.1, -0.05) is 53.2 Å². The van der Waals surface area contributed by atoms with E-state index in [1.807, 2.05) is 0 Å². The maximum Gasteiger partial charge on any atom is 0.423 e. The maximum absolute atomic E-state index is 13.5. The lowest BCUT2D eigenvalue weighted by Gasteiger charge is -2.30. The summed E-state index contributed by atoms with van der Waals surface area (Å²) in [5.74, 6) is 0.317. The Labute approximate surface area is 222 Å². The van der Waals surface area contributed by atoms with Crippen LogP contribution in [0.3, 0.4) is 0 Å². The van der Waals surface area contributed by atoms with Crippen molar-refractivity contribution >= 4 is 38.7 Å². The number of allylic oxidation sites excluding steroid dienone is 2. The molecule has 0 atom stereocenters. The third-order valence-electron chi connectivity index (χ3n) is 5.55. The Kier molecular flexibility index (Phi) is 7.49. The van der Waals surface area contributed by atoms with Gasteiger partial charge in [-0.05, 0) is 61.0 Å². The van der Waals surface area contributed by atoms with E-state index in [2.05, 4.69) is 5.73 Å². The lowest BCUT2D eigenvalue weighted by atomic mass is 10.1. The molecule has 4 nitrogen and oxygen atoms in total. The fourth-order valence-corrected chi connectivity index (χ4v) is 5.00. The third kappa shape index (κ3) is 6.05. The molecule has 192 valence electrons. The average Bonchev–Trinajstić information content (AvgIpc) is 2.82. The molecule has 0 amide bonds. The molecule has 4 rings (SSSR count). The average molecular weight is 566 g/mol. The van der Waals surface area contributed by atoms with Crippen LogP contribution < -0.4 is 9.64 Å². The van der Waals surface area contributed by atoms with E-state index in [0.29, 0.717) is 27.6 Å². The van der Waals surface area contributed by atoms with E-state index in [0.717, 1.165) is 12.3 Å². The predicted octanol–water partition coefficient (Wildman–Crippen LogP) is 7.84. The Balaban J connectivity index is 1.63. The molecule has 0 aromatic heterocycles. The van der Waals surface area contributed by atoms with E-state index in [4.69, 9.17) is 27.9 Å². The highest BCUT2D eigenvalue weighted by Gasteiger charge is 2.35. The maximum atomic E-state index is 13.5. The minimum atomic E-state index is -4.59. The summed E-state index contributed by atoms with van der Waals surface area (Å²) in [5, 5.41) is 0.643. The van der Waals surface area contributed by atoms with Gasteiger partial charge in [0.1, 0.15) is 17.9 Å². The van der Waals surface area contributed by atoms with Gasteiger partial charge >= 0.3 is 6.18 Å². The van der Waals surface area contributed by atoms with Gasteiger partial charge in [0, 0.05) is 11.8 Å². The molecule has 0 saturated carbocycles. The Morgan fingerprint density at radius 1 is 0.973 bits per heavy atom. The van der Waals surface area contributed by atoms with E-state index >= 15 is 0 Å². The normalized spacial score (nSPS) is 14.1. The lowest BCUT2D eigenvalue weighted by Crippen LogP contribution is -2.28. The molecule has 0 spiro atoms. The fourth-order valence-electron chi connectivity index (χ4n) is 3.83. The molecule has 0 unspecified atom stereocenters. The number of alkyl halides is 3. The standard InChI is InChI=1S/C27H20Cl2F3NO3S/c1-17-12-19(27(30,31)32)14-20(33(17)26-9-4-3-8-24(26)28)16-36-21-10-11-23(25(29)15-21)18-6-5-7-22(13-18)37(2,34)35/h3-11,13-15H,16H2,1-2H3. The van der Waals surface area contributed by atoms with Crippen molar-refractivity contribution < 1.29 is 26.3 Å². The summed E-state index contributed by atoms with van der Waals surface area (Å²) in [5.41, 5.74) is 3.55. The zero-order chi connectivity index (χ0) is 27.0. The van der Waals surface area contributed by atoms with Crippen molar-refractivity contribution in [3.05, 3.63) is 106 Å². The first kappa shape index (κ1) is 26.9. The molecule has 3 aromatic carbocycles. The van der Waals surface area contributed by atoms with Crippen molar-refractivity contribution in [3.8, 4) is 16.9 Å². The Bertz CT molecular complexity index is 1570. The first-order valence-corrected chi connectivity index (χ1v) is 13.5. The fraction of sp³-hybridized carbons (Fsp3) is 0.148. The van der Waals surface area contributed by atoms with E-state index in [9.17, 15) is 21.6 Å². The van der Waals surface area contributed by atoms with Crippen molar-refractivity contribution in [1.29, 1.82) is 0 Å². The molecule has 0 radical (unpaired) electrons. The minimum absolute atomic E-state index is 0.155. The van der Waals surface area contributed by atoms with Gasteiger partial charge in [0.15, 0.2) is 9.84 Å². The van der Waals surface area contributed by atoms with Gasteiger partial charge in [-0.15, -0.1) is 0 Å². The number of benzene rings is 3. The zero-order valence-electron chi connectivity index (χ0n) is 19.6. The molecule has 37 heavy (non-hydrogen) atoms. The monoisotopic (exact) mass is 565 g/mol. The molecule has 3 aromatic rings. The number of hydrogen-bond donors (Lipinski definition) is 0. The number of anilines is 1. The van der Waals surface area contributed by atoms with Gasteiger partial charge in [0.25, 0.3) is 0 Å². The Hall–Kier alpha value is -3.16. The third-order valence-corrected chi connectivity index (χ3v) is 7.29. The number of halogens is 5. The van der Waals surface area contributed by atoms with Gasteiger partial charge in [-0.2, -0.15) is 13.2 Å². The molecule has 1 aliphatic rings. The van der Waals surface area contributed by atoms with Crippen LogP contribution in [0, 0.1) is 0 Å². The number of sulfone groups is 1. The van der Waals surface area contributed by atoms with Gasteiger partial charge in [-0.3, -0.25) is 0 Å². The summed E-state index contributed by atoms with van der Waals surface area (Å²) in [4.78, 5) is 1.71. The van der Waals surface area contributed by atoms with Gasteiger partial charge in [-0.25, -0.2) is 8.42 Å². The summed E-state index contributed by atoms with van der Waals surface area (Å²) >= 11 is 12.8. The van der Waals surface area contributed by atoms with E-state index in [1.165, 1.54) is 25.1 Å². The van der Waals surface area contributed by atoms with Crippen LogP contribution in [0.5, 0.6) is 5.75 Å². The summed E-state index contributed by atoms with van der Waals surface area (Å²) in [7, 11) is -3.40. The molecule has 10 heteroatoms. The number of rotatable bonds is 6. The number of ether oxygens (including phenoxy) is 1. The van der Waals surface area contributed by atoms with Crippen LogP contribution in [0.4, 0.5) is 18.9 Å². The largest absolute Gasteiger partial charge is 0.487 e. The summed E-state index contributed by atoms with van der Waals surface area (Å²) in [6, 6.07) is 17.9. The first-order chi connectivity index (χ1) is 17.3. The Morgan fingerprint density at radius 3 is 2.35 bits per heavy atom. The van der Waals surface area contributed by atoms with E-state index in [1.54, 1.807) is 53.4 Å². The SMILES string of the molecule is CC1=C=C(C(F)(F)F)C=C(COc2ccc(-c3cccc(S(C)(=O)=O)c3)c(Cl)c2)N1c1ccccc1Cl. The predicted molar refractivity (Wildman–Crippen MR) is 140 cm³/mol. The molecule has 0 saturated heterocycles. The van der Waals surface area contributed by atoms with Gasteiger partial charge in [0.05, 0.1) is 32.0 Å². The molecule has 0 N–H and O–H groups in total. The molecular formula is C27H20Cl2F3NO3S. The minimum Gasteiger partial charge on any atom is -0.487 e. The smallest absolute Gasteiger partial charge is 0.423 e. The van der Waals surface area contributed by atoms with Gasteiger partial charge < -0.3 is 9.64 Å².